The molecule has 2 fully saturated rings. The molecule has 26 heavy (non-hydrogen) atoms. The molecule has 2 aliphatic rings. The van der Waals surface area contributed by atoms with Gasteiger partial charge in [-0.15, -0.1) is 11.3 Å². The molecule has 3 amide bonds. The van der Waals surface area contributed by atoms with Crippen LogP contribution in [0, 0.1) is 0 Å². The van der Waals surface area contributed by atoms with E-state index in [1.54, 1.807) is 11.0 Å². The van der Waals surface area contributed by atoms with Crippen LogP contribution in [0.1, 0.15) is 37.0 Å². The Balaban J connectivity index is 1.59. The molecule has 1 unspecified atom stereocenters. The lowest BCUT2D eigenvalue weighted by molar-refractivity contribution is -0.135. The summed E-state index contributed by atoms with van der Waals surface area (Å²) >= 11 is 2.43. The summed E-state index contributed by atoms with van der Waals surface area (Å²) in [6.45, 7) is 0.850. The Hall–Kier alpha value is -1.64. The molecule has 6 nitrogen and oxygen atoms in total. The molecular weight excluding hydrogens is 372 g/mol. The monoisotopic (exact) mass is 394 g/mol. The lowest BCUT2D eigenvalue weighted by atomic mass is 9.99. The number of nitrogens with zero attached hydrogens (tertiary/aromatic N) is 2. The van der Waals surface area contributed by atoms with Gasteiger partial charge in [-0.25, -0.2) is 0 Å². The van der Waals surface area contributed by atoms with Crippen LogP contribution in [-0.2, 0) is 9.59 Å². The fourth-order valence-electron chi connectivity index (χ4n) is 3.32. The van der Waals surface area contributed by atoms with Crippen LogP contribution in [0.2, 0.25) is 0 Å². The Morgan fingerprint density at radius 3 is 2.92 bits per heavy atom. The van der Waals surface area contributed by atoms with Crippen LogP contribution in [0.15, 0.2) is 22.4 Å². The minimum atomic E-state index is -0.327. The molecule has 0 bridgehead atoms. The van der Waals surface area contributed by atoms with Gasteiger partial charge in [0, 0.05) is 37.0 Å². The average Bonchev–Trinajstić information content (AvgIpc) is 3.23. The fourth-order valence-corrected chi connectivity index (χ4v) is 4.91. The number of hydrogen-bond acceptors (Lipinski definition) is 6. The second kappa shape index (κ2) is 8.83. The number of thiophene rings is 1. The topological polar surface area (TPSA) is 77.9 Å². The Morgan fingerprint density at radius 2 is 2.19 bits per heavy atom. The molecular formula is C18H22N2O4S2. The first kappa shape index (κ1) is 19.1. The van der Waals surface area contributed by atoms with Gasteiger partial charge in [-0.2, -0.15) is 0 Å². The second-order valence-electron chi connectivity index (χ2n) is 6.35. The maximum atomic E-state index is 12.6. The molecule has 1 N–H and O–H groups in total. The number of rotatable bonds is 6. The lowest BCUT2D eigenvalue weighted by Gasteiger charge is -2.36. The van der Waals surface area contributed by atoms with Gasteiger partial charge in [-0.1, -0.05) is 6.07 Å². The number of imide groups is 1. The van der Waals surface area contributed by atoms with E-state index < -0.39 is 0 Å². The van der Waals surface area contributed by atoms with Crippen molar-refractivity contribution in [1.29, 1.82) is 0 Å². The number of thioether (sulfide) groups is 1. The zero-order chi connectivity index (χ0) is 18.5. The third kappa shape index (κ3) is 4.36. The van der Waals surface area contributed by atoms with E-state index in [4.69, 9.17) is 0 Å². The number of carbonyl (C=O) groups excluding carboxylic acids is 3. The molecule has 0 aromatic carbocycles. The molecule has 0 radical (unpaired) electrons. The molecule has 3 heterocycles. The van der Waals surface area contributed by atoms with E-state index >= 15 is 0 Å². The second-order valence-corrected chi connectivity index (χ2v) is 8.32. The summed E-state index contributed by atoms with van der Waals surface area (Å²) in [5.41, 5.74) is 0. The average molecular weight is 395 g/mol. The molecule has 3 rings (SSSR count). The summed E-state index contributed by atoms with van der Waals surface area (Å²) in [6, 6.07) is 3.84. The first-order chi connectivity index (χ1) is 12.6. The van der Waals surface area contributed by atoms with Gasteiger partial charge < -0.3 is 10.0 Å². The van der Waals surface area contributed by atoms with Gasteiger partial charge in [0.2, 0.25) is 5.91 Å². The highest BCUT2D eigenvalue weighted by Gasteiger charge is 2.36. The van der Waals surface area contributed by atoms with Crippen molar-refractivity contribution >= 4 is 46.2 Å². The normalized spacial score (nSPS) is 22.5. The van der Waals surface area contributed by atoms with Crippen LogP contribution in [0.5, 0.6) is 0 Å². The van der Waals surface area contributed by atoms with Crippen molar-refractivity contribution in [3.05, 3.63) is 27.3 Å². The van der Waals surface area contributed by atoms with Crippen LogP contribution in [-0.4, -0.2) is 57.7 Å². The maximum absolute atomic E-state index is 12.6. The predicted octanol–water partition coefficient (Wildman–Crippen LogP) is 2.94. The smallest absolute Gasteiger partial charge is 0.293 e. The Labute approximate surface area is 160 Å². The highest BCUT2D eigenvalue weighted by atomic mass is 32.2. The largest absolute Gasteiger partial charge is 0.396 e. The Bertz CT molecular complexity index is 700. The molecule has 2 aliphatic heterocycles. The number of aliphatic hydroxyl groups is 1. The van der Waals surface area contributed by atoms with Crippen molar-refractivity contribution in [3.63, 3.8) is 0 Å². The molecule has 0 spiro atoms. The van der Waals surface area contributed by atoms with Crippen molar-refractivity contribution in [2.75, 3.05) is 19.7 Å². The van der Waals surface area contributed by atoms with Crippen LogP contribution in [0.25, 0.3) is 6.08 Å². The maximum Gasteiger partial charge on any atom is 0.293 e. The predicted molar refractivity (Wildman–Crippen MR) is 103 cm³/mol. The van der Waals surface area contributed by atoms with E-state index in [0.717, 1.165) is 40.8 Å². The van der Waals surface area contributed by atoms with Gasteiger partial charge in [0.15, 0.2) is 0 Å². The number of carbonyl (C=O) groups is 3. The Morgan fingerprint density at radius 1 is 1.35 bits per heavy atom. The summed E-state index contributed by atoms with van der Waals surface area (Å²) in [5.74, 6) is -0.379. The van der Waals surface area contributed by atoms with Crippen molar-refractivity contribution in [2.24, 2.45) is 0 Å². The van der Waals surface area contributed by atoms with E-state index in [-0.39, 0.29) is 42.7 Å². The van der Waals surface area contributed by atoms with Gasteiger partial charge in [0.05, 0.1) is 4.91 Å². The first-order valence-electron chi connectivity index (χ1n) is 8.79. The van der Waals surface area contributed by atoms with Gasteiger partial charge in [0.1, 0.15) is 0 Å². The first-order valence-corrected chi connectivity index (χ1v) is 10.5. The summed E-state index contributed by atoms with van der Waals surface area (Å²) in [7, 11) is 0. The van der Waals surface area contributed by atoms with Crippen LogP contribution >= 0.6 is 23.1 Å². The molecule has 8 heteroatoms. The van der Waals surface area contributed by atoms with Crippen LogP contribution in [0.3, 0.4) is 0 Å². The number of aliphatic hydroxyl groups excluding tert-OH is 1. The number of likely N-dealkylation sites (tertiary alicyclic amines) is 1. The number of amides is 3. The van der Waals surface area contributed by atoms with E-state index in [0.29, 0.717) is 17.9 Å². The van der Waals surface area contributed by atoms with Crippen molar-refractivity contribution in [1.82, 2.24) is 9.80 Å². The molecule has 2 saturated heterocycles. The molecule has 1 atom stereocenters. The molecule has 0 saturated carbocycles. The molecule has 0 aliphatic carbocycles. The number of hydrogen-bond donors (Lipinski definition) is 1. The Kier molecular flexibility index (Phi) is 6.50. The zero-order valence-corrected chi connectivity index (χ0v) is 16.1. The molecule has 1 aromatic rings. The highest BCUT2D eigenvalue weighted by molar-refractivity contribution is 8.18. The third-order valence-electron chi connectivity index (χ3n) is 4.65. The van der Waals surface area contributed by atoms with Crippen molar-refractivity contribution < 1.29 is 19.5 Å². The summed E-state index contributed by atoms with van der Waals surface area (Å²) < 4.78 is 0. The third-order valence-corrected chi connectivity index (χ3v) is 6.38. The SMILES string of the molecule is O=C1S/C(=C\c2cccs2)C(=O)N1CCC(=O)N1CCCCC1CCO. The van der Waals surface area contributed by atoms with Crippen molar-refractivity contribution in [2.45, 2.75) is 38.1 Å². The van der Waals surface area contributed by atoms with Crippen molar-refractivity contribution in [3.8, 4) is 0 Å². The molecule has 1 aromatic heterocycles. The van der Waals surface area contributed by atoms with Crippen LogP contribution in [0.4, 0.5) is 4.79 Å². The number of piperidine rings is 1. The van der Waals surface area contributed by atoms with Gasteiger partial charge in [-0.3, -0.25) is 19.3 Å². The minimum Gasteiger partial charge on any atom is -0.396 e. The van der Waals surface area contributed by atoms with E-state index in [9.17, 15) is 19.5 Å². The zero-order valence-electron chi connectivity index (χ0n) is 14.4. The minimum absolute atomic E-state index is 0.0514. The molecule has 140 valence electrons. The lowest BCUT2D eigenvalue weighted by Crippen LogP contribution is -2.45. The van der Waals surface area contributed by atoms with Gasteiger partial charge in [-0.05, 0) is 55.0 Å². The van der Waals surface area contributed by atoms with E-state index in [1.165, 1.54) is 11.3 Å². The van der Waals surface area contributed by atoms with Gasteiger partial charge >= 0.3 is 0 Å². The quantitative estimate of drug-likeness (QED) is 0.751. The fraction of sp³-hybridized carbons (Fsp3) is 0.500. The van der Waals surface area contributed by atoms with Crippen LogP contribution < -0.4 is 0 Å². The van der Waals surface area contributed by atoms with E-state index in [2.05, 4.69) is 0 Å². The van der Waals surface area contributed by atoms with E-state index in [1.807, 2.05) is 17.5 Å². The summed E-state index contributed by atoms with van der Waals surface area (Å²) in [5, 5.41) is 10.8. The summed E-state index contributed by atoms with van der Waals surface area (Å²) in [6.07, 6.45) is 5.35. The summed E-state index contributed by atoms with van der Waals surface area (Å²) in [4.78, 5) is 41.5. The van der Waals surface area contributed by atoms with Gasteiger partial charge in [0.25, 0.3) is 11.1 Å². The standard InChI is InChI=1S/C18H22N2O4S2/c21-10-7-13-4-1-2-8-19(13)16(22)6-9-20-17(23)15(26-18(20)24)12-14-5-3-11-25-14/h3,5,11-13,21H,1-2,4,6-10H2/b15-12-. The highest BCUT2D eigenvalue weighted by Crippen LogP contribution is 2.33.